The van der Waals surface area contributed by atoms with Crippen molar-refractivity contribution in [3.63, 3.8) is 0 Å². The maximum absolute atomic E-state index is 13.4. The monoisotopic (exact) mass is 446 g/mol. The molecule has 4 saturated carbocycles. The number of aliphatic hydroxyl groups excluding tert-OH is 1. The lowest BCUT2D eigenvalue weighted by atomic mass is 9.48. The summed E-state index contributed by atoms with van der Waals surface area (Å²) >= 11 is 0. The number of piperidine rings is 1. The molecule has 4 aliphatic carbocycles. The van der Waals surface area contributed by atoms with Gasteiger partial charge in [-0.3, -0.25) is 4.79 Å². The van der Waals surface area contributed by atoms with Gasteiger partial charge < -0.3 is 10.0 Å². The van der Waals surface area contributed by atoms with Gasteiger partial charge in [0.25, 0.3) is 0 Å². The number of aliphatic hydroxyl groups is 1. The van der Waals surface area contributed by atoms with Crippen molar-refractivity contribution in [2.45, 2.75) is 55.9 Å². The molecule has 1 heterocycles. The molecule has 0 spiro atoms. The van der Waals surface area contributed by atoms with Crippen molar-refractivity contribution in [1.82, 2.24) is 9.21 Å². The van der Waals surface area contributed by atoms with Crippen molar-refractivity contribution < 1.29 is 18.3 Å². The standard InChI is InChI=1S/C24H34N2O4S/c1-25(22-19-11-17-12-20(22)15-24(13-17,14-19)16-27)23(28)18-7-9-26(10-8-18)31(29,30)21-5-3-2-4-6-21/h2-6,17-20,22,27H,7-16H2,1H3. The van der Waals surface area contributed by atoms with Crippen LogP contribution < -0.4 is 0 Å². The lowest BCUT2D eigenvalue weighted by Gasteiger charge is -2.61. The molecule has 2 atom stereocenters. The Morgan fingerprint density at radius 1 is 1.10 bits per heavy atom. The summed E-state index contributed by atoms with van der Waals surface area (Å²) in [6.07, 6.45) is 6.80. The number of carbonyl (C=O) groups excluding carboxylic acids is 1. The van der Waals surface area contributed by atoms with E-state index in [1.54, 1.807) is 24.3 Å². The van der Waals surface area contributed by atoms with Gasteiger partial charge in [0, 0.05) is 38.7 Å². The molecule has 1 saturated heterocycles. The minimum Gasteiger partial charge on any atom is -0.396 e. The molecule has 0 radical (unpaired) electrons. The third-order valence-electron chi connectivity index (χ3n) is 8.66. The fourth-order valence-corrected chi connectivity index (χ4v) is 9.00. The van der Waals surface area contributed by atoms with Gasteiger partial charge in [-0.15, -0.1) is 0 Å². The van der Waals surface area contributed by atoms with E-state index in [2.05, 4.69) is 0 Å². The van der Waals surface area contributed by atoms with Crippen LogP contribution in [0.1, 0.15) is 44.9 Å². The maximum atomic E-state index is 13.4. The number of rotatable bonds is 5. The van der Waals surface area contributed by atoms with Gasteiger partial charge in [0.05, 0.1) is 4.90 Å². The molecule has 31 heavy (non-hydrogen) atoms. The Bertz CT molecular complexity index is 910. The Morgan fingerprint density at radius 3 is 2.29 bits per heavy atom. The molecule has 5 fully saturated rings. The van der Waals surface area contributed by atoms with Gasteiger partial charge in [0.15, 0.2) is 0 Å². The zero-order chi connectivity index (χ0) is 21.8. The molecule has 170 valence electrons. The third kappa shape index (κ3) is 3.62. The highest BCUT2D eigenvalue weighted by molar-refractivity contribution is 7.89. The molecule has 1 N–H and O–H groups in total. The van der Waals surface area contributed by atoms with Crippen LogP contribution in [-0.2, 0) is 14.8 Å². The molecule has 2 unspecified atom stereocenters. The van der Waals surface area contributed by atoms with E-state index in [0.717, 1.165) is 25.2 Å². The minimum absolute atomic E-state index is 0.101. The molecule has 4 bridgehead atoms. The predicted molar refractivity (Wildman–Crippen MR) is 118 cm³/mol. The number of amides is 1. The third-order valence-corrected chi connectivity index (χ3v) is 10.6. The number of carbonyl (C=O) groups is 1. The average molecular weight is 447 g/mol. The van der Waals surface area contributed by atoms with E-state index in [0.29, 0.717) is 42.7 Å². The molecule has 1 aromatic rings. The molecule has 1 aromatic carbocycles. The van der Waals surface area contributed by atoms with E-state index in [-0.39, 0.29) is 29.9 Å². The lowest BCUT2D eigenvalue weighted by molar-refractivity contribution is -0.156. The average Bonchev–Trinajstić information content (AvgIpc) is 2.78. The summed E-state index contributed by atoms with van der Waals surface area (Å²) in [6, 6.07) is 8.84. The molecule has 0 aromatic heterocycles. The van der Waals surface area contributed by atoms with Crippen LogP contribution in [0, 0.1) is 29.1 Å². The summed E-state index contributed by atoms with van der Waals surface area (Å²) in [4.78, 5) is 15.7. The molecule has 7 heteroatoms. The Hall–Kier alpha value is -1.44. The van der Waals surface area contributed by atoms with E-state index in [1.165, 1.54) is 17.1 Å². The van der Waals surface area contributed by atoms with Gasteiger partial charge in [0.1, 0.15) is 0 Å². The second-order valence-electron chi connectivity index (χ2n) is 10.6. The van der Waals surface area contributed by atoms with Crippen LogP contribution in [0.15, 0.2) is 35.2 Å². The lowest BCUT2D eigenvalue weighted by Crippen LogP contribution is -2.61. The fourth-order valence-electron chi connectivity index (χ4n) is 7.51. The fraction of sp³-hybridized carbons (Fsp3) is 0.708. The van der Waals surface area contributed by atoms with E-state index in [1.807, 2.05) is 18.0 Å². The summed E-state index contributed by atoms with van der Waals surface area (Å²) < 4.78 is 27.3. The SMILES string of the molecule is CN(C(=O)C1CCN(S(=O)(=O)c2ccccc2)CC1)C1C2CC3CC1CC(CO)(C3)C2. The predicted octanol–water partition coefficient (Wildman–Crippen LogP) is 2.73. The van der Waals surface area contributed by atoms with Crippen molar-refractivity contribution in [2.24, 2.45) is 29.1 Å². The van der Waals surface area contributed by atoms with E-state index >= 15 is 0 Å². The number of sulfonamides is 1. The van der Waals surface area contributed by atoms with E-state index in [9.17, 15) is 18.3 Å². The van der Waals surface area contributed by atoms with Gasteiger partial charge >= 0.3 is 0 Å². The van der Waals surface area contributed by atoms with Crippen LogP contribution in [-0.4, -0.2) is 61.4 Å². The second kappa shape index (κ2) is 7.85. The minimum atomic E-state index is -3.49. The Kier molecular flexibility index (Phi) is 5.42. The van der Waals surface area contributed by atoms with Crippen molar-refractivity contribution in [1.29, 1.82) is 0 Å². The van der Waals surface area contributed by atoms with Crippen LogP contribution in [0.2, 0.25) is 0 Å². The highest BCUT2D eigenvalue weighted by atomic mass is 32.2. The zero-order valence-corrected chi connectivity index (χ0v) is 19.1. The van der Waals surface area contributed by atoms with Crippen LogP contribution in [0.25, 0.3) is 0 Å². The van der Waals surface area contributed by atoms with Crippen molar-refractivity contribution in [2.75, 3.05) is 26.7 Å². The Balaban J connectivity index is 1.23. The normalized spacial score (nSPS) is 35.9. The number of benzene rings is 1. The van der Waals surface area contributed by atoms with Crippen LogP contribution in [0.5, 0.6) is 0 Å². The summed E-state index contributed by atoms with van der Waals surface area (Å²) in [5, 5.41) is 10.0. The van der Waals surface area contributed by atoms with Crippen LogP contribution in [0.4, 0.5) is 0 Å². The number of nitrogens with zero attached hydrogens (tertiary/aromatic N) is 2. The smallest absolute Gasteiger partial charge is 0.243 e. The largest absolute Gasteiger partial charge is 0.396 e. The first-order valence-corrected chi connectivity index (χ1v) is 13.2. The molecular weight excluding hydrogens is 412 g/mol. The van der Waals surface area contributed by atoms with Gasteiger partial charge in [-0.2, -0.15) is 4.31 Å². The Labute approximate surface area is 185 Å². The molecule has 6 rings (SSSR count). The Morgan fingerprint density at radius 2 is 1.71 bits per heavy atom. The summed E-state index contributed by atoms with van der Waals surface area (Å²) in [7, 11) is -1.52. The van der Waals surface area contributed by atoms with Gasteiger partial charge in [-0.25, -0.2) is 8.42 Å². The maximum Gasteiger partial charge on any atom is 0.243 e. The first kappa shape index (κ1) is 21.4. The first-order valence-electron chi connectivity index (χ1n) is 11.8. The zero-order valence-electron chi connectivity index (χ0n) is 18.3. The molecule has 1 amide bonds. The highest BCUT2D eigenvalue weighted by Crippen LogP contribution is 2.60. The highest BCUT2D eigenvalue weighted by Gasteiger charge is 2.56. The number of hydrogen-bond acceptors (Lipinski definition) is 4. The van der Waals surface area contributed by atoms with Gasteiger partial charge in [-0.1, -0.05) is 18.2 Å². The van der Waals surface area contributed by atoms with Gasteiger partial charge in [-0.05, 0) is 80.2 Å². The topological polar surface area (TPSA) is 77.9 Å². The summed E-state index contributed by atoms with van der Waals surface area (Å²) in [5.74, 6) is 1.82. The van der Waals surface area contributed by atoms with Gasteiger partial charge in [0.2, 0.25) is 15.9 Å². The van der Waals surface area contributed by atoms with Crippen LogP contribution >= 0.6 is 0 Å². The second-order valence-corrected chi connectivity index (χ2v) is 12.5. The van der Waals surface area contributed by atoms with Crippen molar-refractivity contribution in [3.05, 3.63) is 30.3 Å². The van der Waals surface area contributed by atoms with E-state index < -0.39 is 10.0 Å². The molecule has 1 aliphatic heterocycles. The number of hydrogen-bond donors (Lipinski definition) is 1. The summed E-state index contributed by atoms with van der Waals surface area (Å²) in [6.45, 7) is 1.08. The van der Waals surface area contributed by atoms with E-state index in [4.69, 9.17) is 0 Å². The first-order chi connectivity index (χ1) is 14.8. The molecule has 5 aliphatic rings. The summed E-state index contributed by atoms with van der Waals surface area (Å²) in [5.41, 5.74) is 0.105. The quantitative estimate of drug-likeness (QED) is 0.754. The van der Waals surface area contributed by atoms with Crippen LogP contribution in [0.3, 0.4) is 0 Å². The van der Waals surface area contributed by atoms with Crippen molar-refractivity contribution in [3.8, 4) is 0 Å². The molecular formula is C24H34N2O4S. The van der Waals surface area contributed by atoms with Crippen molar-refractivity contribution >= 4 is 15.9 Å². The molecule has 6 nitrogen and oxygen atoms in total.